The molecule has 24 heavy (non-hydrogen) atoms. The zero-order valence-corrected chi connectivity index (χ0v) is 14.2. The van der Waals surface area contributed by atoms with Crippen LogP contribution in [-0.2, 0) is 4.65 Å². The van der Waals surface area contributed by atoms with Gasteiger partial charge >= 0.3 is 160 Å². The molecule has 0 aliphatic heterocycles. The second kappa shape index (κ2) is 24.2. The molecule has 23 heteroatoms. The van der Waals surface area contributed by atoms with E-state index in [9.17, 15) is 0 Å². The van der Waals surface area contributed by atoms with Crippen LogP contribution < -0.4 is 0 Å². The standard InChI is InChI=1S/CH4B22O/c1-24-23-22-21-20-19-18-17-16-15-14-13-12-11-10-9-8-7-6-5-4-3-2/h2H,1H3. The van der Waals surface area contributed by atoms with Gasteiger partial charge < -0.3 is 0 Å². The third-order valence-corrected chi connectivity index (χ3v) is 2.35. The summed E-state index contributed by atoms with van der Waals surface area (Å²) in [5.41, 5.74) is 0. The Bertz CT molecular complexity index is 591. The Kier molecular flexibility index (Phi) is 25.5. The van der Waals surface area contributed by atoms with E-state index in [0.717, 1.165) is 0 Å². The Morgan fingerprint density at radius 3 is 0.917 bits per heavy atom. The summed E-state index contributed by atoms with van der Waals surface area (Å²) in [7, 11) is 6.85. The quantitative estimate of drug-likeness (QED) is 0.339. The van der Waals surface area contributed by atoms with Crippen molar-refractivity contribution in [3.8, 4) is 0 Å². The molecule has 0 aromatic rings. The minimum absolute atomic E-state index is 1.62. The van der Waals surface area contributed by atoms with E-state index in [2.05, 4.69) is 7.37 Å². The van der Waals surface area contributed by atoms with Gasteiger partial charge in [0.1, 0.15) is 0 Å². The molecule has 0 spiro atoms. The van der Waals surface area contributed by atoms with Gasteiger partial charge in [-0.25, -0.2) is 0 Å². The molecule has 0 aliphatic rings. The maximum atomic E-state index is 4.78. The van der Waals surface area contributed by atoms with Gasteiger partial charge in [-0.15, -0.1) is 0 Å². The topological polar surface area (TPSA) is 9.23 Å². The third-order valence-electron chi connectivity index (χ3n) is 2.35. The molecule has 80 valence electrons. The van der Waals surface area contributed by atoms with Crippen LogP contribution in [0.3, 0.4) is 0 Å². The Balaban J connectivity index is 3.89. The Labute approximate surface area is 159 Å². The zero-order valence-electron chi connectivity index (χ0n) is 14.2. The zero-order chi connectivity index (χ0) is 17.6. The van der Waals surface area contributed by atoms with Gasteiger partial charge in [-0.2, -0.15) is 0 Å². The molecule has 0 N–H and O–H groups in total. The Morgan fingerprint density at radius 2 is 0.667 bits per heavy atom. The predicted molar refractivity (Wildman–Crippen MR) is 135 cm³/mol. The number of rotatable bonds is 11. The van der Waals surface area contributed by atoms with Crippen molar-refractivity contribution in [3.05, 3.63) is 0 Å². The monoisotopic (exact) mass is 274 g/mol. The molecule has 0 bridgehead atoms. The molecular formula is CH4B22O. The van der Waals surface area contributed by atoms with Gasteiger partial charge in [0.15, 0.2) is 0 Å². The van der Waals surface area contributed by atoms with E-state index in [-0.39, 0.29) is 0 Å². The van der Waals surface area contributed by atoms with Crippen LogP contribution in [0.15, 0.2) is 0 Å². The Hall–Kier alpha value is 1.23. The van der Waals surface area contributed by atoms with Gasteiger partial charge in [0.2, 0.25) is 0 Å². The first kappa shape index (κ1) is 25.2. The third kappa shape index (κ3) is 23.2. The van der Waals surface area contributed by atoms with E-state index < -0.39 is 0 Å². The van der Waals surface area contributed by atoms with E-state index in [1.165, 1.54) is 0 Å². The Morgan fingerprint density at radius 1 is 0.417 bits per heavy atom. The fourth-order valence-electron chi connectivity index (χ4n) is 1.29. The van der Waals surface area contributed by atoms with Crippen LogP contribution in [0.25, 0.3) is 0 Å². The van der Waals surface area contributed by atoms with Crippen LogP contribution in [0.1, 0.15) is 0 Å². The van der Waals surface area contributed by atoms with Crippen molar-refractivity contribution in [2.45, 2.75) is 0 Å². The summed E-state index contributed by atoms with van der Waals surface area (Å²) < 4.78 is 4.78. The van der Waals surface area contributed by atoms with Gasteiger partial charge in [-0.3, -0.25) is 0 Å². The van der Waals surface area contributed by atoms with Gasteiger partial charge in [0.05, 0.1) is 0 Å². The molecule has 0 heterocycles. The van der Waals surface area contributed by atoms with E-state index in [1.807, 2.05) is 127 Å². The summed E-state index contributed by atoms with van der Waals surface area (Å²) in [6.45, 7) is 38.9. The molecule has 0 aliphatic carbocycles. The fourth-order valence-corrected chi connectivity index (χ4v) is 1.29. The average molecular weight is 270 g/mol. The molecule has 0 saturated heterocycles. The van der Waals surface area contributed by atoms with E-state index in [0.29, 0.717) is 0 Å². The molecular weight excluding hydrogens is 266 g/mol. The summed E-state index contributed by atoms with van der Waals surface area (Å²) in [5.74, 6) is 0. The SMILES string of the molecule is B=BB=BB=BB=BB=BB=BB=BB=BB=BB=BB=BOC. The first-order chi connectivity index (χ1) is 11.9. The summed E-state index contributed by atoms with van der Waals surface area (Å²) in [5, 5.41) is 0. The van der Waals surface area contributed by atoms with Crippen LogP contribution >= 0.6 is 0 Å². The summed E-state index contributed by atoms with van der Waals surface area (Å²) in [6, 6.07) is 0. The molecule has 0 saturated carbocycles. The van der Waals surface area contributed by atoms with E-state index >= 15 is 0 Å². The number of hydrogen-bond donors (Lipinski definition) is 0. The molecule has 0 radical (unpaired) electrons. The predicted octanol–water partition coefficient (Wildman–Crippen LogP) is -8.55. The summed E-state index contributed by atoms with van der Waals surface area (Å²) in [4.78, 5) is 0. The number of hydrogen-bond acceptors (Lipinski definition) is 1. The van der Waals surface area contributed by atoms with Crippen LogP contribution in [0, 0.1) is 0 Å². The molecule has 0 fully saturated rings. The van der Waals surface area contributed by atoms with Gasteiger partial charge in [0.25, 0.3) is 0 Å². The fraction of sp³-hybridized carbons (Fsp3) is 1.00. The molecule has 0 atom stereocenters. The van der Waals surface area contributed by atoms with Crippen molar-refractivity contribution in [1.29, 1.82) is 0 Å². The normalized spacial score (nSPS) is 7.33. The van der Waals surface area contributed by atoms with Crippen molar-refractivity contribution in [3.63, 3.8) is 0 Å². The molecule has 0 aromatic carbocycles. The molecule has 1 nitrogen and oxygen atoms in total. The van der Waals surface area contributed by atoms with Crippen LogP contribution in [0.4, 0.5) is 0 Å². The minimum atomic E-state index is 1.62. The second-order valence-electron chi connectivity index (χ2n) is 4.26. The van der Waals surface area contributed by atoms with Crippen molar-refractivity contribution in [1.82, 2.24) is 0 Å². The molecule has 0 amide bonds. The van der Waals surface area contributed by atoms with Gasteiger partial charge in [0, 0.05) is 0 Å². The van der Waals surface area contributed by atoms with Crippen LogP contribution in [-0.4, -0.2) is 155 Å². The first-order valence-electron chi connectivity index (χ1n) is 7.72. The van der Waals surface area contributed by atoms with Crippen molar-refractivity contribution in [2.24, 2.45) is 0 Å². The van der Waals surface area contributed by atoms with Crippen molar-refractivity contribution in [2.75, 3.05) is 7.11 Å². The van der Waals surface area contributed by atoms with Crippen LogP contribution in [0.2, 0.25) is 0 Å². The van der Waals surface area contributed by atoms with Crippen LogP contribution in [0.5, 0.6) is 0 Å². The maximum absolute atomic E-state index is 4.78. The van der Waals surface area contributed by atoms with Gasteiger partial charge in [-0.05, 0) is 0 Å². The van der Waals surface area contributed by atoms with Gasteiger partial charge in [-0.1, -0.05) is 0 Å². The van der Waals surface area contributed by atoms with Crippen molar-refractivity contribution < 1.29 is 4.65 Å². The van der Waals surface area contributed by atoms with E-state index in [1.54, 1.807) is 20.8 Å². The summed E-state index contributed by atoms with van der Waals surface area (Å²) >= 11 is 0. The average Bonchev–Trinajstić information content (AvgIpc) is 2.60. The second-order valence-corrected chi connectivity index (χ2v) is 4.26. The van der Waals surface area contributed by atoms with E-state index in [4.69, 9.17) is 4.65 Å². The van der Waals surface area contributed by atoms with Crippen molar-refractivity contribution >= 4 is 148 Å². The summed E-state index contributed by atoms with van der Waals surface area (Å²) in [6.07, 6.45) is 0. The molecule has 0 rings (SSSR count). The first-order valence-corrected chi connectivity index (χ1v) is 7.72. The molecule has 0 aromatic heterocycles. The molecule has 0 unspecified atom stereocenters.